The quantitative estimate of drug-likeness (QED) is 0.528. The first-order valence-corrected chi connectivity index (χ1v) is 8.37. The number of phenols is 2. The smallest absolute Gasteiger partial charge is 0.265 e. The number of hydrogen-bond donors (Lipinski definition) is 2. The molecular weight excluding hydrogens is 364 g/mol. The zero-order valence-electron chi connectivity index (χ0n) is 15.1. The lowest BCUT2D eigenvalue weighted by molar-refractivity contribution is 0.0640. The third kappa shape index (κ3) is 2.42. The predicted octanol–water partition coefficient (Wildman–Crippen LogP) is 2.46. The van der Waals surface area contributed by atoms with Gasteiger partial charge in [-0.1, -0.05) is 0 Å². The number of aromatic hydroxyl groups is 2. The Balaban J connectivity index is 1.81. The van der Waals surface area contributed by atoms with Gasteiger partial charge in [-0.15, -0.1) is 0 Å². The lowest BCUT2D eigenvalue weighted by Crippen LogP contribution is -2.29. The fraction of sp³-hybridized carbons (Fsp3) is 0.150. The summed E-state index contributed by atoms with van der Waals surface area (Å²) in [4.78, 5) is 30.8. The number of carbonyl (C=O) groups is 2. The van der Waals surface area contributed by atoms with E-state index >= 15 is 0 Å². The molecule has 0 bridgehead atoms. The number of aromatic nitrogens is 1. The summed E-state index contributed by atoms with van der Waals surface area (Å²) in [5.41, 5.74) is 0.153. The summed E-state index contributed by atoms with van der Waals surface area (Å²) in [5.74, 6) is -1.20. The summed E-state index contributed by atoms with van der Waals surface area (Å²) in [6.07, 6.45) is 1.43. The maximum atomic E-state index is 12.9. The molecule has 4 rings (SSSR count). The van der Waals surface area contributed by atoms with Crippen molar-refractivity contribution in [2.45, 2.75) is 6.54 Å². The maximum Gasteiger partial charge on any atom is 0.265 e. The Labute approximate surface area is 159 Å². The molecule has 0 atom stereocenters. The van der Waals surface area contributed by atoms with Crippen LogP contribution < -0.4 is 9.47 Å². The van der Waals surface area contributed by atoms with Crippen LogP contribution >= 0.6 is 0 Å². The van der Waals surface area contributed by atoms with Crippen LogP contribution in [0, 0.1) is 0 Å². The van der Waals surface area contributed by atoms with Gasteiger partial charge in [0, 0.05) is 23.2 Å². The highest BCUT2D eigenvalue weighted by molar-refractivity contribution is 6.26. The fourth-order valence-electron chi connectivity index (χ4n) is 3.35. The molecule has 8 nitrogen and oxygen atoms in total. The van der Waals surface area contributed by atoms with Gasteiger partial charge in [0.25, 0.3) is 11.8 Å². The second kappa shape index (κ2) is 6.41. The van der Waals surface area contributed by atoms with Crippen LogP contribution in [0.15, 0.2) is 36.5 Å². The molecule has 0 saturated carbocycles. The molecule has 2 heterocycles. The second-order valence-corrected chi connectivity index (χ2v) is 6.22. The predicted molar refractivity (Wildman–Crippen MR) is 98.8 cm³/mol. The molecule has 1 aliphatic rings. The molecule has 8 heteroatoms. The van der Waals surface area contributed by atoms with E-state index in [0.717, 1.165) is 4.90 Å². The maximum absolute atomic E-state index is 12.9. The average molecular weight is 380 g/mol. The lowest BCUT2D eigenvalue weighted by Gasteiger charge is -2.16. The molecule has 0 spiro atoms. The highest BCUT2D eigenvalue weighted by Crippen LogP contribution is 2.43. The van der Waals surface area contributed by atoms with Gasteiger partial charge in [-0.05, 0) is 24.3 Å². The van der Waals surface area contributed by atoms with Crippen molar-refractivity contribution in [1.82, 2.24) is 9.88 Å². The number of ether oxygens (including phenoxy) is 2. The highest BCUT2D eigenvalue weighted by Gasteiger charge is 2.42. The molecule has 28 heavy (non-hydrogen) atoms. The number of imide groups is 1. The zero-order valence-corrected chi connectivity index (χ0v) is 15.1. The van der Waals surface area contributed by atoms with Crippen molar-refractivity contribution in [2.24, 2.45) is 0 Å². The number of methoxy groups -OCH3 is 2. The van der Waals surface area contributed by atoms with Gasteiger partial charge in [-0.3, -0.25) is 19.5 Å². The van der Waals surface area contributed by atoms with Gasteiger partial charge in [0.15, 0.2) is 5.75 Å². The monoisotopic (exact) mass is 380 g/mol. The minimum atomic E-state index is -0.710. The Morgan fingerprint density at radius 3 is 2.39 bits per heavy atom. The zero-order chi connectivity index (χ0) is 20.0. The van der Waals surface area contributed by atoms with Crippen LogP contribution in [-0.2, 0) is 6.54 Å². The van der Waals surface area contributed by atoms with E-state index in [9.17, 15) is 19.8 Å². The van der Waals surface area contributed by atoms with Crippen molar-refractivity contribution in [2.75, 3.05) is 14.2 Å². The van der Waals surface area contributed by atoms with E-state index in [2.05, 4.69) is 4.98 Å². The van der Waals surface area contributed by atoms with Gasteiger partial charge >= 0.3 is 0 Å². The molecule has 0 saturated heterocycles. The van der Waals surface area contributed by atoms with E-state index in [1.807, 2.05) is 0 Å². The summed E-state index contributed by atoms with van der Waals surface area (Å²) < 4.78 is 10.5. The van der Waals surface area contributed by atoms with Crippen molar-refractivity contribution in [1.29, 1.82) is 0 Å². The first kappa shape index (κ1) is 17.6. The van der Waals surface area contributed by atoms with Crippen LogP contribution in [0.2, 0.25) is 0 Å². The molecule has 0 radical (unpaired) electrons. The number of rotatable bonds is 4. The number of phenolic OH excluding ortho intramolecular Hbond substituents is 2. The molecule has 2 amide bonds. The van der Waals surface area contributed by atoms with Crippen LogP contribution in [0.3, 0.4) is 0 Å². The molecule has 142 valence electrons. The minimum Gasteiger partial charge on any atom is -0.506 e. The SMILES string of the molecule is COc1ccc(CN2C(=O)c3c(c(O)c4ncccc4c3O)C2=O)c(OC)c1. The number of amides is 2. The molecule has 1 aliphatic heterocycles. The van der Waals surface area contributed by atoms with Crippen LogP contribution in [-0.4, -0.2) is 46.1 Å². The van der Waals surface area contributed by atoms with E-state index in [4.69, 9.17) is 9.47 Å². The third-order valence-electron chi connectivity index (χ3n) is 4.75. The molecular formula is C20H16N2O6. The van der Waals surface area contributed by atoms with Crippen molar-refractivity contribution >= 4 is 22.7 Å². The Kier molecular flexibility index (Phi) is 4.03. The van der Waals surface area contributed by atoms with Crippen molar-refractivity contribution in [3.63, 3.8) is 0 Å². The van der Waals surface area contributed by atoms with Gasteiger partial charge in [-0.2, -0.15) is 0 Å². The summed E-state index contributed by atoms with van der Waals surface area (Å²) in [5, 5.41) is 21.3. The topological polar surface area (TPSA) is 109 Å². The van der Waals surface area contributed by atoms with Gasteiger partial charge in [0.05, 0.1) is 26.3 Å². The number of fused-ring (bicyclic) bond motifs is 2. The number of carbonyl (C=O) groups excluding carboxylic acids is 2. The standard InChI is InChI=1S/C20H16N2O6/c1-27-11-6-5-10(13(8-11)28-2)9-22-19(25)14-15(20(22)26)18(24)16-12(17(14)23)4-3-7-21-16/h3-8,23-24H,9H2,1-2H3. The molecule has 0 unspecified atom stereocenters. The average Bonchev–Trinajstić information content (AvgIpc) is 2.97. The minimum absolute atomic E-state index is 0.0591. The Morgan fingerprint density at radius 2 is 1.71 bits per heavy atom. The van der Waals surface area contributed by atoms with Crippen LogP contribution in [0.25, 0.3) is 10.9 Å². The number of pyridine rings is 1. The molecule has 3 aromatic rings. The molecule has 2 N–H and O–H groups in total. The summed E-state index contributed by atoms with van der Waals surface area (Å²) in [6.45, 7) is -0.0951. The number of hydrogen-bond acceptors (Lipinski definition) is 7. The Morgan fingerprint density at radius 1 is 1.00 bits per heavy atom. The van der Waals surface area contributed by atoms with E-state index < -0.39 is 17.6 Å². The summed E-state index contributed by atoms with van der Waals surface area (Å²) in [6, 6.07) is 8.09. The first-order chi connectivity index (χ1) is 13.5. The van der Waals surface area contributed by atoms with E-state index in [-0.39, 0.29) is 34.3 Å². The Hall–Kier alpha value is -3.81. The van der Waals surface area contributed by atoms with Gasteiger partial charge in [0.1, 0.15) is 28.3 Å². The second-order valence-electron chi connectivity index (χ2n) is 6.22. The van der Waals surface area contributed by atoms with Crippen molar-refractivity contribution in [3.05, 3.63) is 53.2 Å². The van der Waals surface area contributed by atoms with E-state index in [1.54, 1.807) is 24.3 Å². The van der Waals surface area contributed by atoms with Gasteiger partial charge < -0.3 is 19.7 Å². The summed E-state index contributed by atoms with van der Waals surface area (Å²) in [7, 11) is 2.99. The van der Waals surface area contributed by atoms with Gasteiger partial charge in [-0.25, -0.2) is 0 Å². The molecule has 0 fully saturated rings. The first-order valence-electron chi connectivity index (χ1n) is 8.37. The van der Waals surface area contributed by atoms with Crippen LogP contribution in [0.1, 0.15) is 26.3 Å². The number of benzene rings is 2. The lowest BCUT2D eigenvalue weighted by atomic mass is 10.0. The van der Waals surface area contributed by atoms with Crippen molar-refractivity contribution in [3.8, 4) is 23.0 Å². The largest absolute Gasteiger partial charge is 0.506 e. The summed E-state index contributed by atoms with van der Waals surface area (Å²) >= 11 is 0. The van der Waals surface area contributed by atoms with E-state index in [1.165, 1.54) is 26.5 Å². The van der Waals surface area contributed by atoms with Crippen molar-refractivity contribution < 1.29 is 29.3 Å². The van der Waals surface area contributed by atoms with Gasteiger partial charge in [0.2, 0.25) is 0 Å². The van der Waals surface area contributed by atoms with Crippen LogP contribution in [0.4, 0.5) is 0 Å². The highest BCUT2D eigenvalue weighted by atomic mass is 16.5. The normalized spacial score (nSPS) is 13.1. The fourth-order valence-corrected chi connectivity index (χ4v) is 3.35. The Bertz CT molecular complexity index is 1080. The van der Waals surface area contributed by atoms with Crippen LogP contribution in [0.5, 0.6) is 23.0 Å². The molecule has 0 aliphatic carbocycles. The molecule has 1 aromatic heterocycles. The third-order valence-corrected chi connectivity index (χ3v) is 4.75. The van der Waals surface area contributed by atoms with E-state index in [0.29, 0.717) is 17.1 Å². The number of nitrogens with zero attached hydrogens (tertiary/aromatic N) is 2. The molecule has 2 aromatic carbocycles.